The first-order valence-corrected chi connectivity index (χ1v) is 9.77. The van der Waals surface area contributed by atoms with Gasteiger partial charge in [-0.2, -0.15) is 0 Å². The van der Waals surface area contributed by atoms with Crippen LogP contribution in [0.15, 0.2) is 53.7 Å². The van der Waals surface area contributed by atoms with E-state index in [-0.39, 0.29) is 11.7 Å². The first kappa shape index (κ1) is 19.9. The number of hydrogen-bond donors (Lipinski definition) is 2. The lowest BCUT2D eigenvalue weighted by Gasteiger charge is -2.12. The van der Waals surface area contributed by atoms with Crippen LogP contribution in [-0.4, -0.2) is 26.0 Å². The second kappa shape index (κ2) is 8.43. The molecule has 0 radical (unpaired) electrons. The Morgan fingerprint density at radius 2 is 1.86 bits per heavy atom. The van der Waals surface area contributed by atoms with Crippen molar-refractivity contribution in [1.29, 1.82) is 0 Å². The zero-order chi connectivity index (χ0) is 20.3. The molecule has 1 aromatic heterocycles. The van der Waals surface area contributed by atoms with Gasteiger partial charge in [0.1, 0.15) is 5.82 Å². The molecule has 1 heterocycles. The van der Waals surface area contributed by atoms with Gasteiger partial charge in [0.25, 0.3) is 0 Å². The Labute approximate surface area is 167 Å². The molecule has 3 aromatic rings. The molecule has 1 atom stereocenters. The quantitative estimate of drug-likeness (QED) is 0.483. The molecule has 0 aliphatic heterocycles. The van der Waals surface area contributed by atoms with E-state index in [2.05, 4.69) is 29.4 Å². The Hall–Kier alpha value is -2.87. The Balaban J connectivity index is 1.67. The summed E-state index contributed by atoms with van der Waals surface area (Å²) in [7, 11) is 0. The van der Waals surface area contributed by atoms with Gasteiger partial charge in [0.05, 0.1) is 5.25 Å². The van der Waals surface area contributed by atoms with Gasteiger partial charge in [-0.3, -0.25) is 4.79 Å². The maximum absolute atomic E-state index is 13.4. The molecule has 0 fully saturated rings. The SMILES string of the molecule is CC(C)c1ccc(NC(=O)[C@H](C)Sc2nnc(-c3cccc(F)c3)n2N)cc1. The lowest BCUT2D eigenvalue weighted by molar-refractivity contribution is -0.115. The minimum Gasteiger partial charge on any atom is -0.335 e. The monoisotopic (exact) mass is 399 g/mol. The highest BCUT2D eigenvalue weighted by Crippen LogP contribution is 2.26. The Kier molecular flexibility index (Phi) is 5.99. The number of amides is 1. The standard InChI is InChI=1S/C20H22FN5OS/c1-12(2)14-7-9-17(10-8-14)23-19(27)13(3)28-20-25-24-18(26(20)22)15-5-4-6-16(21)11-15/h4-13H,22H2,1-3H3,(H,23,27)/t13-/m0/s1. The number of hydrogen-bond acceptors (Lipinski definition) is 5. The number of aromatic nitrogens is 3. The maximum atomic E-state index is 13.4. The number of rotatable bonds is 6. The van der Waals surface area contributed by atoms with Crippen LogP contribution in [0.25, 0.3) is 11.4 Å². The van der Waals surface area contributed by atoms with Crippen LogP contribution in [0.1, 0.15) is 32.3 Å². The number of nitrogens with one attached hydrogen (secondary N) is 1. The average molecular weight is 399 g/mol. The number of anilines is 1. The summed E-state index contributed by atoms with van der Waals surface area (Å²) in [5.41, 5.74) is 2.46. The summed E-state index contributed by atoms with van der Waals surface area (Å²) >= 11 is 1.18. The van der Waals surface area contributed by atoms with Crippen LogP contribution in [0.5, 0.6) is 0 Å². The number of nitrogen functional groups attached to an aromatic ring is 1. The number of halogens is 1. The van der Waals surface area contributed by atoms with Gasteiger partial charge in [0.2, 0.25) is 11.1 Å². The summed E-state index contributed by atoms with van der Waals surface area (Å²) in [5, 5.41) is 10.9. The van der Waals surface area contributed by atoms with Gasteiger partial charge in [-0.1, -0.05) is 49.9 Å². The minimum absolute atomic E-state index is 0.169. The third-order valence-electron chi connectivity index (χ3n) is 4.24. The van der Waals surface area contributed by atoms with E-state index >= 15 is 0 Å². The van der Waals surface area contributed by atoms with Gasteiger partial charge in [0.15, 0.2) is 5.82 Å². The number of carbonyl (C=O) groups excluding carboxylic acids is 1. The highest BCUT2D eigenvalue weighted by Gasteiger charge is 2.20. The molecule has 0 unspecified atom stereocenters. The van der Waals surface area contributed by atoms with Crippen LogP contribution < -0.4 is 11.2 Å². The smallest absolute Gasteiger partial charge is 0.237 e. The van der Waals surface area contributed by atoms with Crippen molar-refractivity contribution in [2.75, 3.05) is 11.2 Å². The molecule has 8 heteroatoms. The molecule has 3 N–H and O–H groups in total. The van der Waals surface area contributed by atoms with Crippen molar-refractivity contribution in [2.24, 2.45) is 0 Å². The van der Waals surface area contributed by atoms with Crippen LogP contribution in [0.2, 0.25) is 0 Å². The van der Waals surface area contributed by atoms with Gasteiger partial charge >= 0.3 is 0 Å². The molecule has 3 rings (SSSR count). The predicted molar refractivity (Wildman–Crippen MR) is 110 cm³/mol. The first-order chi connectivity index (χ1) is 13.3. The molecule has 28 heavy (non-hydrogen) atoms. The second-order valence-corrected chi connectivity index (χ2v) is 8.02. The highest BCUT2D eigenvalue weighted by molar-refractivity contribution is 8.00. The van der Waals surface area contributed by atoms with E-state index in [9.17, 15) is 9.18 Å². The van der Waals surface area contributed by atoms with Crippen molar-refractivity contribution in [3.63, 3.8) is 0 Å². The van der Waals surface area contributed by atoms with Gasteiger partial charge in [-0.05, 0) is 42.7 Å². The van der Waals surface area contributed by atoms with E-state index in [4.69, 9.17) is 5.84 Å². The molecule has 0 spiro atoms. The van der Waals surface area contributed by atoms with E-state index < -0.39 is 5.25 Å². The van der Waals surface area contributed by atoms with Crippen LogP contribution in [0.3, 0.4) is 0 Å². The molecule has 0 saturated carbocycles. The molecule has 0 aliphatic rings. The Morgan fingerprint density at radius 1 is 1.14 bits per heavy atom. The Bertz CT molecular complexity index is 971. The van der Waals surface area contributed by atoms with E-state index in [1.54, 1.807) is 19.1 Å². The largest absolute Gasteiger partial charge is 0.335 e. The number of nitrogens with zero attached hydrogens (tertiary/aromatic N) is 3. The summed E-state index contributed by atoms with van der Waals surface area (Å²) in [6.45, 7) is 6.00. The fourth-order valence-electron chi connectivity index (χ4n) is 2.59. The number of thioether (sulfide) groups is 1. The lowest BCUT2D eigenvalue weighted by atomic mass is 10.0. The summed E-state index contributed by atoms with van der Waals surface area (Å²) in [6.07, 6.45) is 0. The van der Waals surface area contributed by atoms with Crippen LogP contribution in [-0.2, 0) is 4.79 Å². The average Bonchev–Trinajstić information content (AvgIpc) is 3.02. The van der Waals surface area contributed by atoms with Crippen molar-refractivity contribution in [2.45, 2.75) is 37.1 Å². The normalized spacial score (nSPS) is 12.2. The molecule has 1 amide bonds. The molecule has 0 saturated heterocycles. The molecular formula is C20H22FN5OS. The van der Waals surface area contributed by atoms with Crippen molar-refractivity contribution in [3.8, 4) is 11.4 Å². The first-order valence-electron chi connectivity index (χ1n) is 8.89. The summed E-state index contributed by atoms with van der Waals surface area (Å²) in [5.74, 6) is 6.26. The maximum Gasteiger partial charge on any atom is 0.237 e. The fraction of sp³-hybridized carbons (Fsp3) is 0.250. The van der Waals surface area contributed by atoms with Crippen LogP contribution in [0.4, 0.5) is 10.1 Å². The van der Waals surface area contributed by atoms with Gasteiger partial charge in [0, 0.05) is 11.3 Å². The summed E-state index contributed by atoms with van der Waals surface area (Å²) in [6, 6.07) is 13.7. The molecule has 0 aliphatic carbocycles. The number of benzene rings is 2. The zero-order valence-electron chi connectivity index (χ0n) is 15.9. The van der Waals surface area contributed by atoms with Gasteiger partial charge < -0.3 is 11.2 Å². The second-order valence-electron chi connectivity index (χ2n) is 6.71. The van der Waals surface area contributed by atoms with Crippen molar-refractivity contribution >= 4 is 23.4 Å². The number of carbonyl (C=O) groups is 1. The summed E-state index contributed by atoms with van der Waals surface area (Å²) in [4.78, 5) is 12.5. The molecule has 6 nitrogen and oxygen atoms in total. The van der Waals surface area contributed by atoms with E-state index in [1.165, 1.54) is 34.1 Å². The predicted octanol–water partition coefficient (Wildman–Crippen LogP) is 4.04. The van der Waals surface area contributed by atoms with E-state index in [0.29, 0.717) is 22.5 Å². The highest BCUT2D eigenvalue weighted by atomic mass is 32.2. The van der Waals surface area contributed by atoms with Gasteiger partial charge in [-0.15, -0.1) is 10.2 Å². The third-order valence-corrected chi connectivity index (χ3v) is 5.30. The van der Waals surface area contributed by atoms with Crippen molar-refractivity contribution in [1.82, 2.24) is 14.9 Å². The fourth-order valence-corrected chi connectivity index (χ4v) is 3.36. The van der Waals surface area contributed by atoms with Crippen LogP contribution in [0, 0.1) is 5.82 Å². The minimum atomic E-state index is -0.448. The Morgan fingerprint density at radius 3 is 2.50 bits per heavy atom. The lowest BCUT2D eigenvalue weighted by Crippen LogP contribution is -2.23. The number of nitrogens with two attached hydrogens (primary N) is 1. The van der Waals surface area contributed by atoms with E-state index in [1.807, 2.05) is 24.3 Å². The summed E-state index contributed by atoms with van der Waals surface area (Å²) < 4.78 is 14.7. The molecule has 0 bridgehead atoms. The van der Waals surface area contributed by atoms with Crippen molar-refractivity contribution in [3.05, 3.63) is 59.9 Å². The topological polar surface area (TPSA) is 85.8 Å². The van der Waals surface area contributed by atoms with Gasteiger partial charge in [-0.25, -0.2) is 9.07 Å². The molecule has 2 aromatic carbocycles. The molecule has 146 valence electrons. The zero-order valence-corrected chi connectivity index (χ0v) is 16.7. The van der Waals surface area contributed by atoms with E-state index in [0.717, 1.165) is 5.69 Å². The van der Waals surface area contributed by atoms with Crippen LogP contribution >= 0.6 is 11.8 Å². The molecular weight excluding hydrogens is 377 g/mol. The van der Waals surface area contributed by atoms with Crippen molar-refractivity contribution < 1.29 is 9.18 Å². The third kappa shape index (κ3) is 4.51.